The molecule has 96 valence electrons. The van der Waals surface area contributed by atoms with Crippen LogP contribution in [0.3, 0.4) is 0 Å². The molecule has 2 heterocycles. The largest absolute Gasteiger partial charge is 0.376 e. The molecule has 1 fully saturated rings. The van der Waals surface area contributed by atoms with Gasteiger partial charge in [0.1, 0.15) is 5.82 Å². The van der Waals surface area contributed by atoms with Crippen molar-refractivity contribution in [2.24, 2.45) is 0 Å². The number of aromatic nitrogens is 2. The Kier molecular flexibility index (Phi) is 3.16. The normalized spacial score (nSPS) is 29.6. The molecule has 2 unspecified atom stereocenters. The Labute approximate surface area is 107 Å². The summed E-state index contributed by atoms with van der Waals surface area (Å²) >= 11 is 1.44. The second-order valence-electron chi connectivity index (χ2n) is 5.98. The van der Waals surface area contributed by atoms with E-state index in [1.165, 1.54) is 11.5 Å². The summed E-state index contributed by atoms with van der Waals surface area (Å²) in [6.07, 6.45) is 1.22. The lowest BCUT2D eigenvalue weighted by molar-refractivity contribution is 0.105. The molecule has 1 N–H and O–H groups in total. The molecule has 0 amide bonds. The van der Waals surface area contributed by atoms with Gasteiger partial charge in [0.05, 0.1) is 11.6 Å². The molecule has 0 radical (unpaired) electrons. The van der Waals surface area contributed by atoms with Crippen molar-refractivity contribution >= 4 is 16.7 Å². The van der Waals surface area contributed by atoms with Crippen molar-refractivity contribution in [1.29, 1.82) is 0 Å². The third-order valence-corrected chi connectivity index (χ3v) is 4.01. The minimum atomic E-state index is -0.0192. The fourth-order valence-electron chi connectivity index (χ4n) is 1.82. The van der Waals surface area contributed by atoms with E-state index in [0.29, 0.717) is 0 Å². The maximum absolute atomic E-state index is 5.61. The van der Waals surface area contributed by atoms with Crippen LogP contribution in [0.5, 0.6) is 0 Å². The Hall–Kier alpha value is -0.680. The first kappa shape index (κ1) is 12.8. The van der Waals surface area contributed by atoms with E-state index >= 15 is 0 Å². The van der Waals surface area contributed by atoms with Gasteiger partial charge in [-0.3, -0.25) is 0 Å². The Morgan fingerprint density at radius 1 is 1.47 bits per heavy atom. The Morgan fingerprint density at radius 3 is 2.65 bits per heavy atom. The van der Waals surface area contributed by atoms with Gasteiger partial charge in [-0.05, 0) is 20.3 Å². The molecular weight excluding hydrogens is 234 g/mol. The summed E-state index contributed by atoms with van der Waals surface area (Å²) in [7, 11) is 0. The Balaban J connectivity index is 2.12. The third kappa shape index (κ3) is 2.60. The van der Waals surface area contributed by atoms with Gasteiger partial charge >= 0.3 is 0 Å². The molecule has 1 aromatic heterocycles. The second-order valence-corrected chi connectivity index (χ2v) is 6.73. The highest BCUT2D eigenvalue weighted by molar-refractivity contribution is 7.09. The summed E-state index contributed by atoms with van der Waals surface area (Å²) < 4.78 is 10.0. The molecule has 0 spiro atoms. The van der Waals surface area contributed by atoms with Gasteiger partial charge in [0, 0.05) is 23.6 Å². The standard InChI is InChI=1S/C12H21N3OS/c1-8-12(5,6-7-16-8)14-10-13-9(15-17-10)11(2,3)4/h8H,6-7H2,1-5H3,(H,13,14,15). The zero-order chi connectivity index (χ0) is 12.7. The highest BCUT2D eigenvalue weighted by Crippen LogP contribution is 2.31. The first-order chi connectivity index (χ1) is 7.81. The van der Waals surface area contributed by atoms with Crippen LogP contribution in [0, 0.1) is 0 Å². The molecule has 2 rings (SSSR count). The number of hydrogen-bond donors (Lipinski definition) is 1. The summed E-state index contributed by atoms with van der Waals surface area (Å²) in [5, 5.41) is 4.38. The van der Waals surface area contributed by atoms with Gasteiger partial charge in [-0.25, -0.2) is 4.98 Å². The second kappa shape index (κ2) is 4.21. The van der Waals surface area contributed by atoms with E-state index in [0.717, 1.165) is 24.0 Å². The molecule has 1 saturated heterocycles. The first-order valence-corrected chi connectivity index (χ1v) is 6.82. The van der Waals surface area contributed by atoms with Crippen molar-refractivity contribution in [3.63, 3.8) is 0 Å². The van der Waals surface area contributed by atoms with Crippen molar-refractivity contribution < 1.29 is 4.74 Å². The fourth-order valence-corrected chi connectivity index (χ4v) is 2.72. The number of ether oxygens (including phenoxy) is 1. The molecule has 2 atom stereocenters. The number of nitrogens with zero attached hydrogens (tertiary/aromatic N) is 2. The molecule has 17 heavy (non-hydrogen) atoms. The lowest BCUT2D eigenvalue weighted by atomic mass is 9.95. The topological polar surface area (TPSA) is 47.0 Å². The summed E-state index contributed by atoms with van der Waals surface area (Å²) in [4.78, 5) is 4.57. The molecule has 5 heteroatoms. The van der Waals surface area contributed by atoms with Crippen LogP contribution in [-0.2, 0) is 10.2 Å². The molecule has 1 aliphatic heterocycles. The van der Waals surface area contributed by atoms with Crippen molar-refractivity contribution in [2.75, 3.05) is 11.9 Å². The van der Waals surface area contributed by atoms with Gasteiger partial charge in [0.25, 0.3) is 0 Å². The van der Waals surface area contributed by atoms with Crippen LogP contribution in [-0.4, -0.2) is 27.6 Å². The molecular formula is C12H21N3OS. The van der Waals surface area contributed by atoms with Crippen molar-refractivity contribution in [3.05, 3.63) is 5.82 Å². The average molecular weight is 255 g/mol. The van der Waals surface area contributed by atoms with Crippen LogP contribution in [0.15, 0.2) is 0 Å². The molecule has 0 saturated carbocycles. The number of rotatable bonds is 2. The smallest absolute Gasteiger partial charge is 0.203 e. The zero-order valence-corrected chi connectivity index (χ0v) is 12.0. The molecule has 4 nitrogen and oxygen atoms in total. The van der Waals surface area contributed by atoms with Gasteiger partial charge in [-0.1, -0.05) is 20.8 Å². The van der Waals surface area contributed by atoms with Crippen LogP contribution < -0.4 is 5.32 Å². The fraction of sp³-hybridized carbons (Fsp3) is 0.833. The van der Waals surface area contributed by atoms with Crippen molar-refractivity contribution in [1.82, 2.24) is 9.36 Å². The summed E-state index contributed by atoms with van der Waals surface area (Å²) in [6, 6.07) is 0. The van der Waals surface area contributed by atoms with Crippen molar-refractivity contribution in [2.45, 2.75) is 58.1 Å². The lowest BCUT2D eigenvalue weighted by Crippen LogP contribution is -2.41. The summed E-state index contributed by atoms with van der Waals surface area (Å²) in [6.45, 7) is 11.5. The van der Waals surface area contributed by atoms with E-state index in [9.17, 15) is 0 Å². The van der Waals surface area contributed by atoms with Crippen LogP contribution in [0.4, 0.5) is 5.13 Å². The van der Waals surface area contributed by atoms with Crippen molar-refractivity contribution in [3.8, 4) is 0 Å². The number of hydrogen-bond acceptors (Lipinski definition) is 5. The minimum Gasteiger partial charge on any atom is -0.376 e. The predicted molar refractivity (Wildman–Crippen MR) is 70.7 cm³/mol. The van der Waals surface area contributed by atoms with Gasteiger partial charge < -0.3 is 10.1 Å². The van der Waals surface area contributed by atoms with E-state index in [2.05, 4.69) is 49.3 Å². The van der Waals surface area contributed by atoms with E-state index in [4.69, 9.17) is 4.74 Å². The molecule has 1 aliphatic rings. The Bertz CT molecular complexity index is 399. The third-order valence-electron chi connectivity index (χ3n) is 3.38. The zero-order valence-electron chi connectivity index (χ0n) is 11.2. The molecule has 1 aromatic rings. The van der Waals surface area contributed by atoms with E-state index in [-0.39, 0.29) is 17.1 Å². The highest BCUT2D eigenvalue weighted by atomic mass is 32.1. The van der Waals surface area contributed by atoms with Gasteiger partial charge in [0.2, 0.25) is 5.13 Å². The quantitative estimate of drug-likeness (QED) is 0.882. The summed E-state index contributed by atoms with van der Waals surface area (Å²) in [5.41, 5.74) is -0.0101. The van der Waals surface area contributed by atoms with Crippen LogP contribution >= 0.6 is 11.5 Å². The maximum atomic E-state index is 5.61. The van der Waals surface area contributed by atoms with Crippen LogP contribution in [0.2, 0.25) is 0 Å². The molecule has 0 bridgehead atoms. The van der Waals surface area contributed by atoms with Gasteiger partial charge in [-0.2, -0.15) is 4.37 Å². The van der Waals surface area contributed by atoms with E-state index < -0.39 is 0 Å². The maximum Gasteiger partial charge on any atom is 0.203 e. The van der Waals surface area contributed by atoms with Crippen LogP contribution in [0.1, 0.15) is 46.9 Å². The average Bonchev–Trinajstić information content (AvgIpc) is 2.75. The molecule has 0 aromatic carbocycles. The molecule has 0 aliphatic carbocycles. The van der Waals surface area contributed by atoms with Gasteiger partial charge in [0.15, 0.2) is 0 Å². The summed E-state index contributed by atoms with van der Waals surface area (Å²) in [5.74, 6) is 0.903. The lowest BCUT2D eigenvalue weighted by Gasteiger charge is -2.28. The van der Waals surface area contributed by atoms with E-state index in [1.54, 1.807) is 0 Å². The first-order valence-electron chi connectivity index (χ1n) is 6.05. The predicted octanol–water partition coefficient (Wildman–Crippen LogP) is 2.82. The van der Waals surface area contributed by atoms with Gasteiger partial charge in [-0.15, -0.1) is 0 Å². The number of anilines is 1. The van der Waals surface area contributed by atoms with E-state index in [1.807, 2.05) is 0 Å². The van der Waals surface area contributed by atoms with Crippen LogP contribution in [0.25, 0.3) is 0 Å². The number of nitrogens with one attached hydrogen (secondary N) is 1. The highest BCUT2D eigenvalue weighted by Gasteiger charge is 2.37. The SMILES string of the molecule is CC1OCCC1(C)Nc1nc(C(C)(C)C)ns1. The minimum absolute atomic E-state index is 0.00905. The monoisotopic (exact) mass is 255 g/mol. The Morgan fingerprint density at radius 2 is 2.18 bits per heavy atom.